The predicted molar refractivity (Wildman–Crippen MR) is 173 cm³/mol. The van der Waals surface area contributed by atoms with Gasteiger partial charge in [-0.05, 0) is 87.8 Å². The molecule has 0 atom stereocenters. The molecule has 44 heavy (non-hydrogen) atoms. The summed E-state index contributed by atoms with van der Waals surface area (Å²) in [6.07, 6.45) is 8.26. The Kier molecular flexibility index (Phi) is 8.32. The number of methoxy groups -OCH3 is 1. The standard InChI is InChI=1S/C37H43BrFNO4/c1-36(2)17-27-33(29(41)19-36)32(34-28(18-37(3,4)20-30(34)42)40(27)25-12-7-6-8-13-25)23-15-26(38)35(31(16-23)43-5)44-21-22-10-9-11-24(39)14-22/h9-11,14-16,25,32H,6-8,12-13,17-21H2,1-5H3. The van der Waals surface area contributed by atoms with Gasteiger partial charge in [-0.15, -0.1) is 0 Å². The smallest absolute Gasteiger partial charge is 0.175 e. The highest BCUT2D eigenvalue weighted by molar-refractivity contribution is 9.10. The van der Waals surface area contributed by atoms with Gasteiger partial charge < -0.3 is 14.4 Å². The highest BCUT2D eigenvalue weighted by Crippen LogP contribution is 2.56. The van der Waals surface area contributed by atoms with E-state index < -0.39 is 5.92 Å². The van der Waals surface area contributed by atoms with E-state index in [0.717, 1.165) is 53.8 Å². The number of allylic oxidation sites excluding steroid dienone is 4. The number of rotatable bonds is 6. The van der Waals surface area contributed by atoms with E-state index in [4.69, 9.17) is 9.47 Å². The molecule has 5 nitrogen and oxygen atoms in total. The van der Waals surface area contributed by atoms with Crippen LogP contribution in [0.15, 0.2) is 63.4 Å². The Morgan fingerprint density at radius 3 is 2.07 bits per heavy atom. The normalized spacial score (nSPS) is 22.2. The Morgan fingerprint density at radius 1 is 0.886 bits per heavy atom. The highest BCUT2D eigenvalue weighted by atomic mass is 79.9. The van der Waals surface area contributed by atoms with Gasteiger partial charge in [0.1, 0.15) is 12.4 Å². The summed E-state index contributed by atoms with van der Waals surface area (Å²) < 4.78 is 26.4. The minimum atomic E-state index is -0.463. The first-order valence-corrected chi connectivity index (χ1v) is 16.7. The van der Waals surface area contributed by atoms with E-state index in [-0.39, 0.29) is 34.8 Å². The fourth-order valence-electron chi connectivity index (χ4n) is 7.94. The molecule has 7 heteroatoms. The predicted octanol–water partition coefficient (Wildman–Crippen LogP) is 9.19. The second-order valence-electron chi connectivity index (χ2n) is 14.7. The summed E-state index contributed by atoms with van der Waals surface area (Å²) in [5, 5.41) is 0. The van der Waals surface area contributed by atoms with E-state index >= 15 is 0 Å². The summed E-state index contributed by atoms with van der Waals surface area (Å²) in [6, 6.07) is 10.5. The van der Waals surface area contributed by atoms with Crippen molar-refractivity contribution in [1.29, 1.82) is 0 Å². The average molecular weight is 665 g/mol. The van der Waals surface area contributed by atoms with Crippen molar-refractivity contribution in [3.05, 3.63) is 80.4 Å². The number of carbonyl (C=O) groups is 2. The van der Waals surface area contributed by atoms with E-state index in [1.54, 1.807) is 13.2 Å². The molecule has 0 unspecified atom stereocenters. The van der Waals surface area contributed by atoms with Gasteiger partial charge in [-0.3, -0.25) is 9.59 Å². The zero-order valence-corrected chi connectivity index (χ0v) is 28.1. The topological polar surface area (TPSA) is 55.8 Å². The Labute approximate surface area is 269 Å². The lowest BCUT2D eigenvalue weighted by atomic mass is 9.63. The maximum atomic E-state index is 14.2. The number of halogens is 2. The van der Waals surface area contributed by atoms with Gasteiger partial charge in [0.05, 0.1) is 11.6 Å². The second kappa shape index (κ2) is 11.8. The number of benzene rings is 2. The molecule has 1 heterocycles. The first-order chi connectivity index (χ1) is 20.9. The summed E-state index contributed by atoms with van der Waals surface area (Å²) in [5.74, 6) is 0.476. The van der Waals surface area contributed by atoms with Gasteiger partial charge in [0.2, 0.25) is 0 Å². The number of ether oxygens (including phenoxy) is 2. The Balaban J connectivity index is 1.50. The van der Waals surface area contributed by atoms with Gasteiger partial charge in [0, 0.05) is 47.3 Å². The molecular weight excluding hydrogens is 621 g/mol. The molecule has 4 aliphatic rings. The maximum Gasteiger partial charge on any atom is 0.175 e. The molecule has 1 saturated carbocycles. The SMILES string of the molecule is COc1cc(C2C3=C(CC(C)(C)CC3=O)N(C3CCCCC3)C3=C2C(=O)CC(C)(C)C3)cc(Br)c1OCc1cccc(F)c1. The molecule has 0 spiro atoms. The second-order valence-corrected chi connectivity index (χ2v) is 15.5. The molecule has 234 valence electrons. The van der Waals surface area contributed by atoms with Crippen LogP contribution in [0.3, 0.4) is 0 Å². The molecule has 2 aromatic carbocycles. The summed E-state index contributed by atoms with van der Waals surface area (Å²) in [7, 11) is 1.59. The molecule has 0 amide bonds. The average Bonchev–Trinajstić information content (AvgIpc) is 2.94. The van der Waals surface area contributed by atoms with Crippen LogP contribution >= 0.6 is 15.9 Å². The molecule has 3 aliphatic carbocycles. The zero-order chi connectivity index (χ0) is 31.4. The lowest BCUT2D eigenvalue weighted by molar-refractivity contribution is -0.119. The fourth-order valence-corrected chi connectivity index (χ4v) is 8.51. The summed E-state index contributed by atoms with van der Waals surface area (Å²) in [4.78, 5) is 31.0. The van der Waals surface area contributed by atoms with Crippen LogP contribution in [0, 0.1) is 16.6 Å². The van der Waals surface area contributed by atoms with Crippen molar-refractivity contribution in [2.24, 2.45) is 10.8 Å². The van der Waals surface area contributed by atoms with Crippen molar-refractivity contribution in [3.8, 4) is 11.5 Å². The third kappa shape index (κ3) is 5.89. The van der Waals surface area contributed by atoms with Gasteiger partial charge in [0.25, 0.3) is 0 Å². The first kappa shape index (κ1) is 31.1. The number of carbonyl (C=O) groups excluding carboxylic acids is 2. The summed E-state index contributed by atoms with van der Waals surface area (Å²) >= 11 is 3.72. The van der Waals surface area contributed by atoms with Gasteiger partial charge in [-0.25, -0.2) is 4.39 Å². The van der Waals surface area contributed by atoms with E-state index in [9.17, 15) is 14.0 Å². The number of hydrogen-bond acceptors (Lipinski definition) is 5. The molecule has 0 bridgehead atoms. The molecule has 2 aromatic rings. The van der Waals surface area contributed by atoms with Crippen LogP contribution in [0.25, 0.3) is 0 Å². The Bertz CT molecular complexity index is 1510. The van der Waals surface area contributed by atoms with Gasteiger partial charge >= 0.3 is 0 Å². The molecular formula is C37H43BrFNO4. The molecule has 0 radical (unpaired) electrons. The number of Topliss-reactive ketones (excluding diaryl/α,β-unsaturated/α-hetero) is 2. The van der Waals surface area contributed by atoms with Crippen LogP contribution < -0.4 is 9.47 Å². The quantitative estimate of drug-likeness (QED) is 0.308. The monoisotopic (exact) mass is 663 g/mol. The van der Waals surface area contributed by atoms with Crippen LogP contribution in [0.4, 0.5) is 4.39 Å². The van der Waals surface area contributed by atoms with Crippen LogP contribution in [0.2, 0.25) is 0 Å². The van der Waals surface area contributed by atoms with Crippen molar-refractivity contribution in [3.63, 3.8) is 0 Å². The molecule has 1 fully saturated rings. The zero-order valence-electron chi connectivity index (χ0n) is 26.5. The third-order valence-corrected chi connectivity index (χ3v) is 10.3. The molecule has 6 rings (SSSR count). The molecule has 0 aromatic heterocycles. The van der Waals surface area contributed by atoms with E-state index in [2.05, 4.69) is 48.5 Å². The van der Waals surface area contributed by atoms with Crippen LogP contribution in [-0.4, -0.2) is 29.6 Å². The fraction of sp³-hybridized carbons (Fsp3) is 0.514. The van der Waals surface area contributed by atoms with Crippen molar-refractivity contribution in [1.82, 2.24) is 4.90 Å². The van der Waals surface area contributed by atoms with E-state index in [0.29, 0.717) is 40.4 Å². The largest absolute Gasteiger partial charge is 0.493 e. The van der Waals surface area contributed by atoms with E-state index in [1.165, 1.54) is 31.4 Å². The minimum Gasteiger partial charge on any atom is -0.493 e. The Hall–Kier alpha value is -2.93. The van der Waals surface area contributed by atoms with Crippen molar-refractivity contribution >= 4 is 27.5 Å². The highest BCUT2D eigenvalue weighted by Gasteiger charge is 2.50. The minimum absolute atomic E-state index is 0.132. The molecule has 0 saturated heterocycles. The van der Waals surface area contributed by atoms with Gasteiger partial charge in [-0.1, -0.05) is 59.1 Å². The summed E-state index contributed by atoms with van der Waals surface area (Å²) in [6.45, 7) is 8.91. The first-order valence-electron chi connectivity index (χ1n) is 15.9. The lowest BCUT2D eigenvalue weighted by Crippen LogP contribution is -2.48. The Morgan fingerprint density at radius 2 is 1.50 bits per heavy atom. The van der Waals surface area contributed by atoms with E-state index in [1.807, 2.05) is 18.2 Å². The number of nitrogens with zero attached hydrogens (tertiary/aromatic N) is 1. The third-order valence-electron chi connectivity index (χ3n) is 9.75. The van der Waals surface area contributed by atoms with Crippen LogP contribution in [0.1, 0.15) is 103 Å². The van der Waals surface area contributed by atoms with Crippen LogP contribution in [-0.2, 0) is 16.2 Å². The maximum absolute atomic E-state index is 14.2. The van der Waals surface area contributed by atoms with Crippen LogP contribution in [0.5, 0.6) is 11.5 Å². The van der Waals surface area contributed by atoms with Crippen molar-refractivity contribution in [2.45, 2.75) is 104 Å². The molecule has 1 aliphatic heterocycles. The number of hydrogen-bond donors (Lipinski definition) is 0. The summed E-state index contributed by atoms with van der Waals surface area (Å²) in [5.41, 5.74) is 5.03. The van der Waals surface area contributed by atoms with Crippen molar-refractivity contribution in [2.75, 3.05) is 7.11 Å². The van der Waals surface area contributed by atoms with Gasteiger partial charge in [0.15, 0.2) is 23.1 Å². The molecule has 0 N–H and O–H groups in total. The van der Waals surface area contributed by atoms with Crippen molar-refractivity contribution < 1.29 is 23.5 Å². The number of ketones is 2. The lowest BCUT2D eigenvalue weighted by Gasteiger charge is -2.52. The van der Waals surface area contributed by atoms with Gasteiger partial charge in [-0.2, -0.15) is 0 Å².